The highest BCUT2D eigenvalue weighted by Gasteiger charge is 2.54. The van der Waals surface area contributed by atoms with Crippen molar-refractivity contribution in [1.29, 1.82) is 0 Å². The summed E-state index contributed by atoms with van der Waals surface area (Å²) in [5.41, 5.74) is 6.14. The van der Waals surface area contributed by atoms with Gasteiger partial charge in [0.25, 0.3) is 11.5 Å². The number of anilines is 2. The number of ether oxygens (including phenoxy) is 1. The molecule has 0 fully saturated rings. The highest BCUT2D eigenvalue weighted by atomic mass is 19.3. The van der Waals surface area contributed by atoms with Crippen LogP contribution in [0.4, 0.5) is 25.1 Å². The van der Waals surface area contributed by atoms with Crippen LogP contribution in [0.5, 0.6) is 0 Å². The van der Waals surface area contributed by atoms with Crippen LogP contribution >= 0.6 is 0 Å². The summed E-state index contributed by atoms with van der Waals surface area (Å²) in [4.78, 5) is 72.8. The number of ketones is 1. The van der Waals surface area contributed by atoms with Gasteiger partial charge in [-0.1, -0.05) is 80.6 Å². The number of nitrogens with two attached hydrogens (primary N) is 1. The molecule has 256 valence electrons. The maximum atomic E-state index is 15.8. The van der Waals surface area contributed by atoms with E-state index in [1.807, 2.05) is 0 Å². The average molecular weight is 674 g/mol. The molecule has 0 aliphatic carbocycles. The summed E-state index contributed by atoms with van der Waals surface area (Å²) >= 11 is 0. The zero-order valence-electron chi connectivity index (χ0n) is 27.4. The van der Waals surface area contributed by atoms with Crippen LogP contribution in [0.2, 0.25) is 0 Å². The molecule has 13 heteroatoms. The minimum Gasteiger partial charge on any atom is -0.452 e. The summed E-state index contributed by atoms with van der Waals surface area (Å²) in [5.74, 6) is -12.6. The number of pyridine rings is 2. The lowest BCUT2D eigenvalue weighted by atomic mass is 9.81. The summed E-state index contributed by atoms with van der Waals surface area (Å²) in [6, 6.07) is 22.4. The number of amides is 3. The number of Topliss-reactive ketones (excluding diaryl/α,β-unsaturated/α-hetero) is 1. The Hall–Kier alpha value is -5.72. The highest BCUT2D eigenvalue weighted by Crippen LogP contribution is 2.36. The molecule has 0 spiro atoms. The van der Waals surface area contributed by atoms with Crippen molar-refractivity contribution in [3.05, 3.63) is 113 Å². The normalized spacial score (nSPS) is 12.6. The van der Waals surface area contributed by atoms with Crippen molar-refractivity contribution in [3.8, 4) is 11.3 Å². The molecule has 3 amide bonds. The van der Waals surface area contributed by atoms with Gasteiger partial charge in [0.05, 0.1) is 18.7 Å². The number of rotatable bonds is 13. The average Bonchev–Trinajstić information content (AvgIpc) is 3.08. The van der Waals surface area contributed by atoms with Crippen molar-refractivity contribution in [2.75, 3.05) is 18.6 Å². The molecule has 2 aromatic heterocycles. The second-order valence-electron chi connectivity index (χ2n) is 11.6. The van der Waals surface area contributed by atoms with Crippen molar-refractivity contribution in [3.63, 3.8) is 0 Å². The number of primary amides is 1. The standard InChI is InChI=1S/C36H37F2N5O6/c1-22(2)29(31(44)36(37,38)34(47)40-21-20-24-13-7-5-8-14-24)30(32(39)45)43-26(25-15-9-6-10-16-25)18-19-27(33(43)46)42(35(48)49-4)28-17-11-12-23(3)41-28/h5-19,22,29-30H,20-21H2,1-4H3,(H2,39,45)(H,40,47). The first-order chi connectivity index (χ1) is 23.3. The number of aromatic nitrogens is 2. The van der Waals surface area contributed by atoms with E-state index >= 15 is 8.78 Å². The molecule has 2 unspecified atom stereocenters. The van der Waals surface area contributed by atoms with E-state index in [0.717, 1.165) is 22.1 Å². The van der Waals surface area contributed by atoms with Gasteiger partial charge in [-0.15, -0.1) is 0 Å². The first-order valence-corrected chi connectivity index (χ1v) is 15.5. The lowest BCUT2D eigenvalue weighted by Gasteiger charge is -2.33. The number of hydrogen-bond donors (Lipinski definition) is 2. The Bertz CT molecular complexity index is 1880. The van der Waals surface area contributed by atoms with Crippen LogP contribution in [0.1, 0.15) is 31.1 Å². The predicted molar refractivity (Wildman–Crippen MR) is 179 cm³/mol. The molecule has 2 heterocycles. The number of carbonyl (C=O) groups excluding carboxylic acids is 4. The van der Waals surface area contributed by atoms with Gasteiger partial charge in [-0.3, -0.25) is 23.7 Å². The molecule has 0 saturated carbocycles. The molecule has 3 N–H and O–H groups in total. The van der Waals surface area contributed by atoms with Crippen LogP contribution < -0.4 is 21.5 Å². The molecule has 2 aromatic carbocycles. The quantitative estimate of drug-likeness (QED) is 0.190. The maximum Gasteiger partial charge on any atom is 0.420 e. The summed E-state index contributed by atoms with van der Waals surface area (Å²) in [6.07, 6.45) is -0.788. The summed E-state index contributed by atoms with van der Waals surface area (Å²) < 4.78 is 37.3. The summed E-state index contributed by atoms with van der Waals surface area (Å²) in [6.45, 7) is 4.27. The predicted octanol–water partition coefficient (Wildman–Crippen LogP) is 4.99. The van der Waals surface area contributed by atoms with E-state index in [0.29, 0.717) is 11.3 Å². The summed E-state index contributed by atoms with van der Waals surface area (Å²) in [5, 5.41) is 2.11. The van der Waals surface area contributed by atoms with Crippen molar-refractivity contribution >= 4 is 35.2 Å². The first-order valence-electron chi connectivity index (χ1n) is 15.5. The lowest BCUT2D eigenvalue weighted by molar-refractivity contribution is -0.164. The van der Waals surface area contributed by atoms with Gasteiger partial charge in [-0.25, -0.2) is 14.7 Å². The van der Waals surface area contributed by atoms with E-state index in [1.165, 1.54) is 32.0 Å². The van der Waals surface area contributed by atoms with E-state index in [9.17, 15) is 24.0 Å². The van der Waals surface area contributed by atoms with Gasteiger partial charge in [0, 0.05) is 12.2 Å². The Morgan fingerprint density at radius 3 is 2.14 bits per heavy atom. The molecule has 49 heavy (non-hydrogen) atoms. The van der Waals surface area contributed by atoms with Gasteiger partial charge < -0.3 is 15.8 Å². The molecule has 0 saturated heterocycles. The molecule has 0 aliphatic heterocycles. The van der Waals surface area contributed by atoms with Crippen molar-refractivity contribution in [2.24, 2.45) is 17.6 Å². The van der Waals surface area contributed by atoms with Crippen LogP contribution in [0, 0.1) is 18.8 Å². The van der Waals surface area contributed by atoms with Gasteiger partial charge in [-0.05, 0) is 54.7 Å². The molecule has 0 radical (unpaired) electrons. The molecule has 0 bridgehead atoms. The van der Waals surface area contributed by atoms with Gasteiger partial charge in [0.2, 0.25) is 11.7 Å². The molecular weight excluding hydrogens is 636 g/mol. The Morgan fingerprint density at radius 1 is 0.939 bits per heavy atom. The van der Waals surface area contributed by atoms with Gasteiger partial charge in [-0.2, -0.15) is 8.78 Å². The maximum absolute atomic E-state index is 15.8. The zero-order valence-corrected chi connectivity index (χ0v) is 27.4. The first kappa shape index (κ1) is 36.1. The Labute approximate surface area is 281 Å². The van der Waals surface area contributed by atoms with Crippen LogP contribution in [0.3, 0.4) is 0 Å². The van der Waals surface area contributed by atoms with Crippen molar-refractivity contribution in [1.82, 2.24) is 14.9 Å². The Balaban J connectivity index is 1.87. The lowest BCUT2D eigenvalue weighted by Crippen LogP contribution is -2.53. The highest BCUT2D eigenvalue weighted by molar-refractivity contribution is 6.09. The number of nitrogens with zero attached hydrogens (tertiary/aromatic N) is 3. The summed E-state index contributed by atoms with van der Waals surface area (Å²) in [7, 11) is 1.09. The van der Waals surface area contributed by atoms with E-state index < -0.39 is 53.1 Å². The van der Waals surface area contributed by atoms with Crippen molar-refractivity contribution < 1.29 is 32.7 Å². The number of carbonyl (C=O) groups is 4. The number of alkyl halides is 2. The fourth-order valence-corrected chi connectivity index (χ4v) is 5.57. The van der Waals surface area contributed by atoms with Crippen LogP contribution in [-0.4, -0.2) is 52.8 Å². The minimum atomic E-state index is -4.60. The fraction of sp³-hybridized carbons (Fsp3) is 0.278. The largest absolute Gasteiger partial charge is 0.452 e. The SMILES string of the molecule is COC(=O)N(c1cccc(C)n1)c1ccc(-c2ccccc2)n(C(C(N)=O)C(C(=O)C(F)(F)C(=O)NCCc2ccccc2)C(C)C)c1=O. The number of halogens is 2. The smallest absolute Gasteiger partial charge is 0.420 e. The second kappa shape index (κ2) is 15.5. The second-order valence-corrected chi connectivity index (χ2v) is 11.6. The van der Waals surface area contributed by atoms with Crippen molar-refractivity contribution in [2.45, 2.75) is 39.2 Å². The molecule has 4 aromatic rings. The van der Waals surface area contributed by atoms with E-state index in [4.69, 9.17) is 10.5 Å². The minimum absolute atomic E-state index is 0.00576. The zero-order chi connectivity index (χ0) is 35.9. The fourth-order valence-electron chi connectivity index (χ4n) is 5.57. The van der Waals surface area contributed by atoms with Crippen LogP contribution in [0.25, 0.3) is 11.3 Å². The third kappa shape index (κ3) is 7.88. The number of nitrogens with one attached hydrogen (secondary N) is 1. The van der Waals surface area contributed by atoms with E-state index in [2.05, 4.69) is 10.3 Å². The van der Waals surface area contributed by atoms with Gasteiger partial charge in [0.15, 0.2) is 0 Å². The Kier molecular flexibility index (Phi) is 11.4. The topological polar surface area (TPSA) is 154 Å². The number of methoxy groups -OCH3 is 1. The van der Waals surface area contributed by atoms with Crippen LogP contribution in [0.15, 0.2) is 95.8 Å². The molecule has 11 nitrogen and oxygen atoms in total. The Morgan fingerprint density at radius 2 is 1.57 bits per heavy atom. The third-order valence-electron chi connectivity index (χ3n) is 7.93. The number of hydrogen-bond acceptors (Lipinski definition) is 7. The monoisotopic (exact) mass is 673 g/mol. The van der Waals surface area contributed by atoms with Crippen LogP contribution in [-0.2, 0) is 25.5 Å². The third-order valence-corrected chi connectivity index (χ3v) is 7.93. The van der Waals surface area contributed by atoms with E-state index in [-0.39, 0.29) is 30.2 Å². The molecule has 4 rings (SSSR count). The number of benzene rings is 2. The van der Waals surface area contributed by atoms with E-state index in [1.54, 1.807) is 79.7 Å². The number of aryl methyl sites for hydroxylation is 1. The molecular formula is C36H37F2N5O6. The van der Waals surface area contributed by atoms with Gasteiger partial charge in [0.1, 0.15) is 17.5 Å². The molecule has 0 aliphatic rings. The molecule has 2 atom stereocenters. The van der Waals surface area contributed by atoms with Gasteiger partial charge >= 0.3 is 12.0 Å².